The maximum absolute atomic E-state index is 13.8. The van der Waals surface area contributed by atoms with E-state index in [0.717, 1.165) is 0 Å². The molecule has 0 N–H and O–H groups in total. The van der Waals surface area contributed by atoms with Crippen LogP contribution in [0, 0.1) is 5.82 Å². The molecule has 2 heterocycles. The van der Waals surface area contributed by atoms with Gasteiger partial charge in [0.25, 0.3) is 10.0 Å². The number of benzene rings is 1. The molecule has 1 unspecified atom stereocenters. The Kier molecular flexibility index (Phi) is 4.08. The number of nitrogens with zero attached hydrogens (tertiary/aromatic N) is 1. The Morgan fingerprint density at radius 3 is 2.76 bits per heavy atom. The molecular weight excluding hydrogens is 313 g/mol. The number of sulfonamides is 1. The number of rotatable bonds is 3. The van der Waals surface area contributed by atoms with Gasteiger partial charge in [0.1, 0.15) is 10.0 Å². The minimum Gasteiger partial charge on any atom is -0.371 e. The van der Waals surface area contributed by atoms with E-state index in [-0.39, 0.29) is 25.5 Å². The van der Waals surface area contributed by atoms with Crippen LogP contribution in [-0.4, -0.2) is 32.4 Å². The summed E-state index contributed by atoms with van der Waals surface area (Å²) in [5, 5.41) is 1.72. The maximum Gasteiger partial charge on any atom is 0.252 e. The largest absolute Gasteiger partial charge is 0.371 e. The van der Waals surface area contributed by atoms with Gasteiger partial charge in [0.15, 0.2) is 0 Å². The second-order valence-corrected chi connectivity index (χ2v) is 7.79. The van der Waals surface area contributed by atoms with E-state index in [0.29, 0.717) is 9.77 Å². The molecule has 21 heavy (non-hydrogen) atoms. The molecule has 1 aromatic carbocycles. The fraction of sp³-hybridized carbons (Fsp3) is 0.286. The predicted molar refractivity (Wildman–Crippen MR) is 78.2 cm³/mol. The first-order valence-electron chi connectivity index (χ1n) is 6.49. The lowest BCUT2D eigenvalue weighted by atomic mass is 10.1. The van der Waals surface area contributed by atoms with Gasteiger partial charge in [0.2, 0.25) is 0 Å². The fourth-order valence-electron chi connectivity index (χ4n) is 2.31. The van der Waals surface area contributed by atoms with Crippen molar-refractivity contribution in [2.75, 3.05) is 19.7 Å². The Hall–Kier alpha value is -1.28. The Morgan fingerprint density at radius 1 is 1.24 bits per heavy atom. The second-order valence-electron chi connectivity index (χ2n) is 4.68. The molecule has 0 saturated carbocycles. The average Bonchev–Trinajstić information content (AvgIpc) is 3.03. The topological polar surface area (TPSA) is 46.6 Å². The standard InChI is InChI=1S/C14H14FNO3S2/c15-12-5-2-1-4-11(12)13-10-16(7-8-19-13)21(17,18)14-6-3-9-20-14/h1-6,9,13H,7-8,10H2. The van der Waals surface area contributed by atoms with Crippen molar-refractivity contribution in [2.24, 2.45) is 0 Å². The van der Waals surface area contributed by atoms with E-state index in [2.05, 4.69) is 0 Å². The van der Waals surface area contributed by atoms with Gasteiger partial charge in [-0.05, 0) is 17.5 Å². The van der Waals surface area contributed by atoms with Crippen molar-refractivity contribution >= 4 is 21.4 Å². The summed E-state index contributed by atoms with van der Waals surface area (Å²) in [5.74, 6) is -0.377. The van der Waals surface area contributed by atoms with Crippen LogP contribution in [0.2, 0.25) is 0 Å². The highest BCUT2D eigenvalue weighted by Crippen LogP contribution is 2.29. The average molecular weight is 327 g/mol. The molecule has 0 radical (unpaired) electrons. The fourth-order valence-corrected chi connectivity index (χ4v) is 4.88. The van der Waals surface area contributed by atoms with E-state index in [1.807, 2.05) is 0 Å². The molecule has 1 saturated heterocycles. The maximum atomic E-state index is 13.8. The normalized spacial score (nSPS) is 20.5. The zero-order valence-corrected chi connectivity index (χ0v) is 12.7. The lowest BCUT2D eigenvalue weighted by molar-refractivity contribution is -0.00437. The van der Waals surface area contributed by atoms with Gasteiger partial charge in [0.05, 0.1) is 12.7 Å². The van der Waals surface area contributed by atoms with Crippen molar-refractivity contribution in [3.05, 3.63) is 53.2 Å². The van der Waals surface area contributed by atoms with Gasteiger partial charge in [-0.25, -0.2) is 12.8 Å². The summed E-state index contributed by atoms with van der Waals surface area (Å²) < 4.78 is 46.0. The Morgan fingerprint density at radius 2 is 2.05 bits per heavy atom. The highest BCUT2D eigenvalue weighted by atomic mass is 32.2. The van der Waals surface area contributed by atoms with E-state index < -0.39 is 16.1 Å². The van der Waals surface area contributed by atoms with Gasteiger partial charge in [-0.15, -0.1) is 11.3 Å². The van der Waals surface area contributed by atoms with Gasteiger partial charge >= 0.3 is 0 Å². The first kappa shape index (κ1) is 14.6. The van der Waals surface area contributed by atoms with Crippen molar-refractivity contribution < 1.29 is 17.5 Å². The number of hydrogen-bond donors (Lipinski definition) is 0. The van der Waals surface area contributed by atoms with Gasteiger partial charge in [-0.1, -0.05) is 24.3 Å². The Bertz CT molecular complexity index is 716. The molecule has 1 aliphatic rings. The molecule has 112 valence electrons. The molecule has 1 fully saturated rings. The first-order chi connectivity index (χ1) is 10.1. The number of ether oxygens (including phenoxy) is 1. The van der Waals surface area contributed by atoms with Crippen molar-refractivity contribution in [2.45, 2.75) is 10.3 Å². The molecule has 0 spiro atoms. The molecule has 0 aliphatic carbocycles. The molecule has 7 heteroatoms. The Labute approximate surface area is 126 Å². The Balaban J connectivity index is 1.86. The summed E-state index contributed by atoms with van der Waals surface area (Å²) in [6.45, 7) is 0.663. The van der Waals surface area contributed by atoms with E-state index >= 15 is 0 Å². The number of morpholine rings is 1. The van der Waals surface area contributed by atoms with Gasteiger partial charge in [0, 0.05) is 18.7 Å². The molecule has 2 aromatic rings. The summed E-state index contributed by atoms with van der Waals surface area (Å²) in [4.78, 5) is 0. The van der Waals surface area contributed by atoms with Crippen LogP contribution < -0.4 is 0 Å². The number of thiophene rings is 1. The van der Waals surface area contributed by atoms with E-state index in [4.69, 9.17) is 4.74 Å². The highest BCUT2D eigenvalue weighted by Gasteiger charge is 2.32. The van der Waals surface area contributed by atoms with Crippen molar-refractivity contribution in [3.8, 4) is 0 Å². The third kappa shape index (κ3) is 2.87. The summed E-state index contributed by atoms with van der Waals surface area (Å²) in [5.41, 5.74) is 0.392. The molecule has 3 rings (SSSR count). The lowest BCUT2D eigenvalue weighted by Gasteiger charge is -2.32. The van der Waals surface area contributed by atoms with Crippen LogP contribution in [0.15, 0.2) is 46.0 Å². The number of hydrogen-bond acceptors (Lipinski definition) is 4. The molecule has 0 bridgehead atoms. The molecule has 1 aliphatic heterocycles. The second kappa shape index (κ2) is 5.84. The van der Waals surface area contributed by atoms with Gasteiger partial charge < -0.3 is 4.74 Å². The van der Waals surface area contributed by atoms with Gasteiger partial charge in [-0.3, -0.25) is 0 Å². The smallest absolute Gasteiger partial charge is 0.252 e. The van der Waals surface area contributed by atoms with E-state index in [9.17, 15) is 12.8 Å². The first-order valence-corrected chi connectivity index (χ1v) is 8.81. The molecular formula is C14H14FNO3S2. The van der Waals surface area contributed by atoms with Crippen molar-refractivity contribution in [1.82, 2.24) is 4.31 Å². The van der Waals surface area contributed by atoms with Crippen LogP contribution in [0.5, 0.6) is 0 Å². The van der Waals surface area contributed by atoms with Crippen molar-refractivity contribution in [1.29, 1.82) is 0 Å². The zero-order chi connectivity index (χ0) is 14.9. The van der Waals surface area contributed by atoms with Gasteiger partial charge in [-0.2, -0.15) is 4.31 Å². The minimum atomic E-state index is -3.52. The molecule has 1 aromatic heterocycles. The van der Waals surface area contributed by atoms with E-state index in [1.165, 1.54) is 21.7 Å². The molecule has 4 nitrogen and oxygen atoms in total. The monoisotopic (exact) mass is 327 g/mol. The quantitative estimate of drug-likeness (QED) is 0.871. The van der Waals surface area contributed by atoms with Crippen molar-refractivity contribution in [3.63, 3.8) is 0 Å². The third-order valence-electron chi connectivity index (χ3n) is 3.37. The lowest BCUT2D eigenvalue weighted by Crippen LogP contribution is -2.42. The molecule has 1 atom stereocenters. The van der Waals surface area contributed by atoms with Crippen LogP contribution in [0.1, 0.15) is 11.7 Å². The van der Waals surface area contributed by atoms with Crippen LogP contribution in [0.3, 0.4) is 0 Å². The highest BCUT2D eigenvalue weighted by molar-refractivity contribution is 7.91. The zero-order valence-electron chi connectivity index (χ0n) is 11.1. The summed E-state index contributed by atoms with van der Waals surface area (Å²) in [7, 11) is -3.52. The number of halogens is 1. The summed E-state index contributed by atoms with van der Waals surface area (Å²) in [6.07, 6.45) is -0.574. The molecule has 0 amide bonds. The van der Waals surface area contributed by atoms with E-state index in [1.54, 1.807) is 35.7 Å². The SMILES string of the molecule is O=S(=O)(c1cccs1)N1CCOC(c2ccccc2F)C1. The summed E-state index contributed by atoms with van der Waals surface area (Å²) in [6, 6.07) is 9.57. The summed E-state index contributed by atoms with van der Waals surface area (Å²) >= 11 is 1.18. The minimum absolute atomic E-state index is 0.126. The van der Waals surface area contributed by atoms with Crippen LogP contribution in [0.25, 0.3) is 0 Å². The van der Waals surface area contributed by atoms with Crippen LogP contribution >= 0.6 is 11.3 Å². The third-order valence-corrected chi connectivity index (χ3v) is 6.61. The van der Waals surface area contributed by atoms with Crippen LogP contribution in [0.4, 0.5) is 4.39 Å². The predicted octanol–water partition coefficient (Wildman–Crippen LogP) is 2.65. The van der Waals surface area contributed by atoms with Crippen LogP contribution in [-0.2, 0) is 14.8 Å².